The van der Waals surface area contributed by atoms with Crippen LogP contribution in [-0.2, 0) is 9.53 Å². The summed E-state index contributed by atoms with van der Waals surface area (Å²) < 4.78 is 37.2. The molecule has 29 heavy (non-hydrogen) atoms. The Kier molecular flexibility index (Phi) is 6.05. The first-order valence-electron chi connectivity index (χ1n) is 11.3. The van der Waals surface area contributed by atoms with Gasteiger partial charge in [0.1, 0.15) is 14.0 Å². The van der Waals surface area contributed by atoms with Crippen molar-refractivity contribution in [2.45, 2.75) is 57.9 Å². The van der Waals surface area contributed by atoms with E-state index in [1.807, 2.05) is 0 Å². The van der Waals surface area contributed by atoms with Gasteiger partial charge in [-0.3, -0.25) is 4.79 Å². The molecule has 0 aromatic carbocycles. The molecule has 2 fully saturated rings. The molecule has 0 unspecified atom stereocenters. The highest BCUT2D eigenvalue weighted by Gasteiger charge is 2.39. The SMILES string of the molecule is [2H]C([2H])(F)OC(=O)C(CC)(CC)NC(=O)c1ccc(N2CCCC2)c(OCC2CC2)n1. The summed E-state index contributed by atoms with van der Waals surface area (Å²) in [6, 6.07) is 3.37. The van der Waals surface area contributed by atoms with Gasteiger partial charge in [-0.05, 0) is 56.6 Å². The van der Waals surface area contributed by atoms with Gasteiger partial charge in [-0.1, -0.05) is 13.8 Å². The molecule has 2 heterocycles. The fraction of sp³-hybridized carbons (Fsp3) is 0.667. The van der Waals surface area contributed by atoms with E-state index in [-0.39, 0.29) is 18.5 Å². The number of esters is 1. The zero-order valence-corrected chi connectivity index (χ0v) is 17.0. The number of carbonyl (C=O) groups is 2. The van der Waals surface area contributed by atoms with E-state index in [0.29, 0.717) is 18.4 Å². The van der Waals surface area contributed by atoms with E-state index in [1.54, 1.807) is 26.0 Å². The smallest absolute Gasteiger partial charge is 0.334 e. The van der Waals surface area contributed by atoms with Gasteiger partial charge in [-0.25, -0.2) is 14.2 Å². The minimum Gasteiger partial charge on any atom is -0.476 e. The number of halogens is 1. The average Bonchev–Trinajstić information content (AvgIpc) is 3.40. The Morgan fingerprint density at radius 2 is 2.00 bits per heavy atom. The van der Waals surface area contributed by atoms with Gasteiger partial charge < -0.3 is 19.7 Å². The van der Waals surface area contributed by atoms with E-state index < -0.39 is 24.2 Å². The van der Waals surface area contributed by atoms with E-state index >= 15 is 0 Å². The zero-order chi connectivity index (χ0) is 22.6. The lowest BCUT2D eigenvalue weighted by Crippen LogP contribution is -2.54. The third-order valence-corrected chi connectivity index (χ3v) is 5.75. The Labute approximate surface area is 173 Å². The second-order valence-corrected chi connectivity index (χ2v) is 7.68. The molecule has 3 rings (SSSR count). The van der Waals surface area contributed by atoms with Gasteiger partial charge in [0.25, 0.3) is 5.91 Å². The lowest BCUT2D eigenvalue weighted by atomic mass is 9.92. The van der Waals surface area contributed by atoms with Gasteiger partial charge in [0.05, 0.1) is 12.3 Å². The number of carbonyl (C=O) groups excluding carboxylic acids is 2. The number of hydrogen-bond donors (Lipinski definition) is 1. The number of nitrogens with zero attached hydrogens (tertiary/aromatic N) is 2. The summed E-state index contributed by atoms with van der Waals surface area (Å²) >= 11 is 0. The van der Waals surface area contributed by atoms with Crippen molar-refractivity contribution in [1.29, 1.82) is 0 Å². The number of alkyl halides is 1. The van der Waals surface area contributed by atoms with E-state index in [4.69, 9.17) is 7.48 Å². The number of aromatic nitrogens is 1. The lowest BCUT2D eigenvalue weighted by Gasteiger charge is -2.29. The largest absolute Gasteiger partial charge is 0.476 e. The summed E-state index contributed by atoms with van der Waals surface area (Å²) in [7, 11) is 0. The quantitative estimate of drug-likeness (QED) is 0.598. The first kappa shape index (κ1) is 18.6. The van der Waals surface area contributed by atoms with Crippen molar-refractivity contribution in [3.8, 4) is 5.88 Å². The van der Waals surface area contributed by atoms with Crippen LogP contribution in [0.1, 0.15) is 65.6 Å². The van der Waals surface area contributed by atoms with Gasteiger partial charge >= 0.3 is 5.97 Å². The third kappa shape index (κ3) is 4.97. The number of amides is 1. The fourth-order valence-electron chi connectivity index (χ4n) is 3.53. The Hall–Kier alpha value is -2.38. The molecule has 0 atom stereocenters. The van der Waals surface area contributed by atoms with Crippen LogP contribution in [0.3, 0.4) is 0 Å². The van der Waals surface area contributed by atoms with Crippen molar-refractivity contribution in [2.75, 3.05) is 31.4 Å². The molecule has 1 saturated heterocycles. The zero-order valence-electron chi connectivity index (χ0n) is 19.0. The molecule has 160 valence electrons. The number of pyridine rings is 1. The summed E-state index contributed by atoms with van der Waals surface area (Å²) in [6.45, 7) is 1.99. The topological polar surface area (TPSA) is 80.8 Å². The molecule has 1 aliphatic carbocycles. The Bertz CT molecular complexity index is 804. The summed E-state index contributed by atoms with van der Waals surface area (Å²) in [5.74, 6) is -0.895. The van der Waals surface area contributed by atoms with E-state index in [9.17, 15) is 14.0 Å². The minimum absolute atomic E-state index is 0.0658. The second-order valence-electron chi connectivity index (χ2n) is 7.68. The molecule has 0 bridgehead atoms. The van der Waals surface area contributed by atoms with Crippen molar-refractivity contribution in [1.82, 2.24) is 10.3 Å². The van der Waals surface area contributed by atoms with Gasteiger partial charge in [0.15, 0.2) is 0 Å². The van der Waals surface area contributed by atoms with Crippen LogP contribution in [0.25, 0.3) is 0 Å². The number of rotatable bonds is 10. The molecule has 1 saturated carbocycles. The summed E-state index contributed by atoms with van der Waals surface area (Å²) in [4.78, 5) is 32.0. The molecule has 0 spiro atoms. The highest BCUT2D eigenvalue weighted by atomic mass is 19.1. The highest BCUT2D eigenvalue weighted by molar-refractivity contribution is 5.97. The van der Waals surface area contributed by atoms with Crippen molar-refractivity contribution in [3.05, 3.63) is 17.8 Å². The Morgan fingerprint density at radius 3 is 2.59 bits per heavy atom. The maximum Gasteiger partial charge on any atom is 0.334 e. The van der Waals surface area contributed by atoms with Crippen LogP contribution < -0.4 is 15.0 Å². The van der Waals surface area contributed by atoms with Crippen LogP contribution in [0.2, 0.25) is 0 Å². The Morgan fingerprint density at radius 1 is 1.31 bits per heavy atom. The maximum atomic E-state index is 13.2. The summed E-state index contributed by atoms with van der Waals surface area (Å²) in [6.07, 6.45) is 4.62. The number of anilines is 1. The molecule has 0 radical (unpaired) electrons. The maximum absolute atomic E-state index is 13.2. The van der Waals surface area contributed by atoms with Crippen LogP contribution in [0.15, 0.2) is 12.1 Å². The summed E-state index contributed by atoms with van der Waals surface area (Å²) in [5.41, 5.74) is -0.658. The average molecular weight is 409 g/mol. The second kappa shape index (κ2) is 9.41. The van der Waals surface area contributed by atoms with Crippen LogP contribution in [0, 0.1) is 5.92 Å². The van der Waals surface area contributed by atoms with E-state index in [1.165, 1.54) is 0 Å². The van der Waals surface area contributed by atoms with Crippen LogP contribution >= 0.6 is 0 Å². The number of hydrogen-bond acceptors (Lipinski definition) is 6. The lowest BCUT2D eigenvalue weighted by molar-refractivity contribution is -0.155. The first-order valence-corrected chi connectivity index (χ1v) is 10.3. The normalized spacial score (nSPS) is 18.1. The standard InChI is InChI=1S/C21H30FN3O4/c1-3-21(4-2,20(27)29-14-22)24-18(26)16-9-10-17(25-11-5-6-12-25)19(23-16)28-13-15-7-8-15/h9-10,15H,3-8,11-14H2,1-2H3,(H,24,26)/i14D2. The molecule has 1 N–H and O–H groups in total. The molecule has 1 aromatic rings. The fourth-order valence-corrected chi connectivity index (χ4v) is 3.53. The Balaban J connectivity index is 1.81. The van der Waals surface area contributed by atoms with Gasteiger partial charge in [0, 0.05) is 13.1 Å². The van der Waals surface area contributed by atoms with Crippen LogP contribution in [-0.4, -0.2) is 48.9 Å². The predicted octanol–water partition coefficient (Wildman–Crippen LogP) is 3.23. The molecular weight excluding hydrogens is 377 g/mol. The molecule has 1 amide bonds. The van der Waals surface area contributed by atoms with Crippen molar-refractivity contribution >= 4 is 17.6 Å². The van der Waals surface area contributed by atoms with Crippen molar-refractivity contribution < 1.29 is 26.2 Å². The van der Waals surface area contributed by atoms with Crippen molar-refractivity contribution in [3.63, 3.8) is 0 Å². The van der Waals surface area contributed by atoms with Gasteiger partial charge in [-0.15, -0.1) is 0 Å². The highest BCUT2D eigenvalue weighted by Crippen LogP contribution is 2.33. The third-order valence-electron chi connectivity index (χ3n) is 5.75. The molecule has 1 aromatic heterocycles. The molecular formula is C21H30FN3O4. The predicted molar refractivity (Wildman–Crippen MR) is 107 cm³/mol. The number of ether oxygens (including phenoxy) is 2. The van der Waals surface area contributed by atoms with Gasteiger partial charge in [0.2, 0.25) is 12.7 Å². The molecule has 8 heteroatoms. The van der Waals surface area contributed by atoms with Crippen molar-refractivity contribution in [2.24, 2.45) is 5.92 Å². The minimum atomic E-state index is -3.63. The molecule has 2 aliphatic rings. The first-order chi connectivity index (χ1) is 14.7. The summed E-state index contributed by atoms with van der Waals surface area (Å²) in [5, 5.41) is 2.58. The van der Waals surface area contributed by atoms with Gasteiger partial charge in [-0.2, -0.15) is 0 Å². The van der Waals surface area contributed by atoms with E-state index in [0.717, 1.165) is 44.5 Å². The monoisotopic (exact) mass is 409 g/mol. The van der Waals surface area contributed by atoms with Crippen LogP contribution in [0.4, 0.5) is 10.1 Å². The molecule has 7 nitrogen and oxygen atoms in total. The number of nitrogens with one attached hydrogen (secondary N) is 1. The van der Waals surface area contributed by atoms with Crippen LogP contribution in [0.5, 0.6) is 5.88 Å². The van der Waals surface area contributed by atoms with E-state index in [2.05, 4.69) is 19.9 Å². The molecule has 1 aliphatic heterocycles.